The fraction of sp³-hybridized carbons (Fsp3) is 0.333. The van der Waals surface area contributed by atoms with Crippen LogP contribution in [0.3, 0.4) is 0 Å². The zero-order chi connectivity index (χ0) is 8.15. The lowest BCUT2D eigenvalue weighted by Crippen LogP contribution is -2.17. The molecule has 0 bridgehead atoms. The van der Waals surface area contributed by atoms with Crippen LogP contribution in [0.4, 0.5) is 0 Å². The highest BCUT2D eigenvalue weighted by Crippen LogP contribution is 1.84. The first-order valence-electron chi connectivity index (χ1n) is 2.71. The average molecular weight is 143 g/mol. The van der Waals surface area contributed by atoms with Crippen LogP contribution in [0, 0.1) is 0 Å². The summed E-state index contributed by atoms with van der Waals surface area (Å²) in [6.07, 6.45) is 0.932. The molecule has 0 saturated heterocycles. The van der Waals surface area contributed by atoms with Crippen LogP contribution >= 0.6 is 0 Å². The van der Waals surface area contributed by atoms with Gasteiger partial charge in [-0.2, -0.15) is 0 Å². The topological polar surface area (TPSA) is 66.4 Å². The maximum atomic E-state index is 10.3. The first kappa shape index (κ1) is 8.68. The standard InChI is InChI=1S/C6H9NO3/c1-4(3-6(9)10)7-5(2)8/h3H,1-2H3,(H,7,8)(H,9,10)/b4-3-. The van der Waals surface area contributed by atoms with Crippen LogP contribution in [0.5, 0.6) is 0 Å². The van der Waals surface area contributed by atoms with Crippen LogP contribution in [0.2, 0.25) is 0 Å². The molecule has 0 aliphatic rings. The molecule has 0 fully saturated rings. The van der Waals surface area contributed by atoms with Crippen LogP contribution in [-0.4, -0.2) is 17.0 Å². The molecule has 1 amide bonds. The quantitative estimate of drug-likeness (QED) is 0.539. The van der Waals surface area contributed by atoms with Crippen LogP contribution in [0.25, 0.3) is 0 Å². The van der Waals surface area contributed by atoms with Crippen molar-refractivity contribution in [3.8, 4) is 0 Å². The molecule has 4 nitrogen and oxygen atoms in total. The van der Waals surface area contributed by atoms with Crippen molar-refractivity contribution in [2.75, 3.05) is 0 Å². The third-order valence-electron chi connectivity index (χ3n) is 0.713. The van der Waals surface area contributed by atoms with E-state index in [2.05, 4.69) is 5.32 Å². The molecule has 0 heterocycles. The number of nitrogens with one attached hydrogen (secondary N) is 1. The minimum Gasteiger partial charge on any atom is -0.478 e. The molecule has 0 radical (unpaired) electrons. The van der Waals surface area contributed by atoms with Gasteiger partial charge in [-0.15, -0.1) is 0 Å². The molecule has 0 aliphatic carbocycles. The third-order valence-corrected chi connectivity index (χ3v) is 0.713. The van der Waals surface area contributed by atoms with E-state index in [1.54, 1.807) is 0 Å². The van der Waals surface area contributed by atoms with E-state index >= 15 is 0 Å². The van der Waals surface area contributed by atoms with Crippen molar-refractivity contribution in [2.24, 2.45) is 0 Å². The molecule has 56 valence electrons. The number of hydrogen-bond donors (Lipinski definition) is 2. The maximum Gasteiger partial charge on any atom is 0.330 e. The molecule has 10 heavy (non-hydrogen) atoms. The number of rotatable bonds is 2. The SMILES string of the molecule is CC(=O)N/C(C)=C\C(=O)O. The van der Waals surface area contributed by atoms with Crippen molar-refractivity contribution in [3.05, 3.63) is 11.8 Å². The van der Waals surface area contributed by atoms with Crippen LogP contribution in [0.15, 0.2) is 11.8 Å². The zero-order valence-electron chi connectivity index (χ0n) is 5.84. The molecule has 0 aromatic rings. The molecular weight excluding hydrogens is 134 g/mol. The monoisotopic (exact) mass is 143 g/mol. The second kappa shape index (κ2) is 3.66. The van der Waals surface area contributed by atoms with Crippen molar-refractivity contribution >= 4 is 11.9 Å². The number of carboxylic acids is 1. The van der Waals surface area contributed by atoms with Gasteiger partial charge in [0.2, 0.25) is 5.91 Å². The molecular formula is C6H9NO3. The molecule has 0 atom stereocenters. The van der Waals surface area contributed by atoms with E-state index in [1.165, 1.54) is 13.8 Å². The Morgan fingerprint density at radius 3 is 2.20 bits per heavy atom. The Kier molecular flexibility index (Phi) is 3.17. The molecule has 0 rings (SSSR count). The minimum absolute atomic E-state index is 0.269. The van der Waals surface area contributed by atoms with Gasteiger partial charge in [0.1, 0.15) is 0 Å². The number of aliphatic carboxylic acids is 1. The van der Waals surface area contributed by atoms with Gasteiger partial charge in [0.05, 0.1) is 0 Å². The van der Waals surface area contributed by atoms with Gasteiger partial charge in [0.25, 0.3) is 0 Å². The Morgan fingerprint density at radius 1 is 1.40 bits per heavy atom. The van der Waals surface area contributed by atoms with E-state index in [0.29, 0.717) is 5.70 Å². The molecule has 2 N–H and O–H groups in total. The average Bonchev–Trinajstić information content (AvgIpc) is 1.58. The molecule has 4 heteroatoms. The summed E-state index contributed by atoms with van der Waals surface area (Å²) in [4.78, 5) is 20.3. The second-order valence-corrected chi connectivity index (χ2v) is 1.85. The Balaban J connectivity index is 3.95. The largest absolute Gasteiger partial charge is 0.478 e. The van der Waals surface area contributed by atoms with Crippen molar-refractivity contribution in [1.29, 1.82) is 0 Å². The Labute approximate surface area is 58.5 Å². The summed E-state index contributed by atoms with van der Waals surface area (Å²) in [6, 6.07) is 0. The number of carboxylic acid groups (broad SMARTS) is 1. The Hall–Kier alpha value is -1.32. The van der Waals surface area contributed by atoms with Gasteiger partial charge in [0, 0.05) is 18.7 Å². The summed E-state index contributed by atoms with van der Waals surface area (Å²) in [6.45, 7) is 2.83. The summed E-state index contributed by atoms with van der Waals surface area (Å²) < 4.78 is 0. The number of amides is 1. The highest BCUT2D eigenvalue weighted by Gasteiger charge is 1.94. The Bertz CT molecular complexity index is 183. The van der Waals surface area contributed by atoms with Gasteiger partial charge < -0.3 is 10.4 Å². The van der Waals surface area contributed by atoms with Gasteiger partial charge in [-0.1, -0.05) is 0 Å². The molecule has 0 unspecified atom stereocenters. The summed E-state index contributed by atoms with van der Waals surface area (Å²) in [7, 11) is 0. The van der Waals surface area contributed by atoms with E-state index in [1.807, 2.05) is 0 Å². The molecule has 0 saturated carbocycles. The summed E-state index contributed by atoms with van der Waals surface area (Å²) in [5.74, 6) is -1.33. The summed E-state index contributed by atoms with van der Waals surface area (Å²) >= 11 is 0. The summed E-state index contributed by atoms with van der Waals surface area (Å²) in [5.41, 5.74) is 0.333. The van der Waals surface area contributed by atoms with E-state index in [9.17, 15) is 9.59 Å². The van der Waals surface area contributed by atoms with E-state index in [0.717, 1.165) is 6.08 Å². The predicted molar refractivity (Wildman–Crippen MR) is 35.2 cm³/mol. The number of allylic oxidation sites excluding steroid dienone is 1. The van der Waals surface area contributed by atoms with Gasteiger partial charge in [0.15, 0.2) is 0 Å². The number of carbonyl (C=O) groups excluding carboxylic acids is 1. The smallest absolute Gasteiger partial charge is 0.330 e. The first-order valence-corrected chi connectivity index (χ1v) is 2.71. The fourth-order valence-corrected chi connectivity index (χ4v) is 0.499. The minimum atomic E-state index is -1.06. The normalized spacial score (nSPS) is 10.8. The van der Waals surface area contributed by atoms with Crippen molar-refractivity contribution in [3.63, 3.8) is 0 Å². The highest BCUT2D eigenvalue weighted by atomic mass is 16.4. The zero-order valence-corrected chi connectivity index (χ0v) is 5.84. The van der Waals surface area contributed by atoms with Crippen molar-refractivity contribution in [1.82, 2.24) is 5.32 Å². The van der Waals surface area contributed by atoms with E-state index < -0.39 is 5.97 Å². The maximum absolute atomic E-state index is 10.3. The first-order chi connectivity index (χ1) is 4.52. The van der Waals surface area contributed by atoms with Gasteiger partial charge in [-0.05, 0) is 6.92 Å². The van der Waals surface area contributed by atoms with Crippen molar-refractivity contribution < 1.29 is 14.7 Å². The third kappa shape index (κ3) is 4.83. The summed E-state index contributed by atoms with van der Waals surface area (Å²) in [5, 5.41) is 10.5. The molecule has 0 aromatic carbocycles. The predicted octanol–water partition coefficient (Wildman–Crippen LogP) is 0.111. The number of hydrogen-bond acceptors (Lipinski definition) is 2. The Morgan fingerprint density at radius 2 is 1.90 bits per heavy atom. The number of carbonyl (C=O) groups is 2. The molecule has 0 spiro atoms. The fourth-order valence-electron chi connectivity index (χ4n) is 0.499. The van der Waals surface area contributed by atoms with Crippen LogP contribution in [-0.2, 0) is 9.59 Å². The second-order valence-electron chi connectivity index (χ2n) is 1.85. The van der Waals surface area contributed by atoms with Crippen LogP contribution in [0.1, 0.15) is 13.8 Å². The van der Waals surface area contributed by atoms with Gasteiger partial charge in [-0.25, -0.2) is 4.79 Å². The lowest BCUT2D eigenvalue weighted by atomic mass is 10.4. The van der Waals surface area contributed by atoms with Crippen LogP contribution < -0.4 is 5.32 Å². The van der Waals surface area contributed by atoms with E-state index in [-0.39, 0.29) is 5.91 Å². The molecule has 0 aliphatic heterocycles. The lowest BCUT2D eigenvalue weighted by molar-refractivity contribution is -0.131. The van der Waals surface area contributed by atoms with Gasteiger partial charge >= 0.3 is 5.97 Å². The lowest BCUT2D eigenvalue weighted by Gasteiger charge is -1.97. The van der Waals surface area contributed by atoms with Crippen molar-refractivity contribution in [2.45, 2.75) is 13.8 Å². The van der Waals surface area contributed by atoms with Gasteiger partial charge in [-0.3, -0.25) is 4.79 Å². The van der Waals surface area contributed by atoms with E-state index in [4.69, 9.17) is 5.11 Å². The highest BCUT2D eigenvalue weighted by molar-refractivity contribution is 5.82. The molecule has 0 aromatic heterocycles.